The van der Waals surface area contributed by atoms with Crippen LogP contribution in [0, 0.1) is 10.1 Å². The fourth-order valence-corrected chi connectivity index (χ4v) is 2.33. The molecule has 0 aliphatic rings. The quantitative estimate of drug-likeness (QED) is 0.418. The first-order valence-corrected chi connectivity index (χ1v) is 6.78. The maximum Gasteiger partial charge on any atom is 0.283 e. The molecule has 0 N–H and O–H groups in total. The molecule has 2 aromatic heterocycles. The van der Waals surface area contributed by atoms with Crippen LogP contribution in [0.2, 0.25) is 0 Å². The molecule has 2 aromatic carbocycles. The van der Waals surface area contributed by atoms with Crippen molar-refractivity contribution in [3.63, 3.8) is 0 Å². The molecule has 0 amide bonds. The van der Waals surface area contributed by atoms with Gasteiger partial charge >= 0.3 is 0 Å². The zero-order valence-electron chi connectivity index (χ0n) is 11.7. The van der Waals surface area contributed by atoms with Crippen LogP contribution in [0.5, 0.6) is 0 Å². The van der Waals surface area contributed by atoms with Gasteiger partial charge in [-0.25, -0.2) is 0 Å². The molecule has 4 rings (SSSR count). The van der Waals surface area contributed by atoms with E-state index in [0.717, 1.165) is 5.39 Å². The van der Waals surface area contributed by atoms with Gasteiger partial charge in [0.1, 0.15) is 11.1 Å². The van der Waals surface area contributed by atoms with Crippen LogP contribution >= 0.6 is 0 Å². The lowest BCUT2D eigenvalue weighted by atomic mass is 10.2. The van der Waals surface area contributed by atoms with Crippen LogP contribution in [0.25, 0.3) is 34.1 Å². The number of furan rings is 1. The van der Waals surface area contributed by atoms with Gasteiger partial charge in [0.2, 0.25) is 0 Å². The van der Waals surface area contributed by atoms with Gasteiger partial charge in [-0.1, -0.05) is 30.3 Å². The van der Waals surface area contributed by atoms with Crippen molar-refractivity contribution in [3.05, 3.63) is 64.7 Å². The van der Waals surface area contributed by atoms with E-state index in [0.29, 0.717) is 11.3 Å². The molecule has 0 atom stereocenters. The number of rotatable bonds is 3. The van der Waals surface area contributed by atoms with E-state index >= 15 is 0 Å². The molecule has 0 unspecified atom stereocenters. The van der Waals surface area contributed by atoms with E-state index in [-0.39, 0.29) is 23.0 Å². The first kappa shape index (κ1) is 13.2. The number of nitrogens with zero attached hydrogens (tertiary/aromatic N) is 3. The maximum absolute atomic E-state index is 11.1. The Labute approximate surface area is 129 Å². The highest BCUT2D eigenvalue weighted by Crippen LogP contribution is 2.32. The van der Waals surface area contributed by atoms with Crippen LogP contribution in [-0.2, 0) is 0 Å². The lowest BCUT2D eigenvalue weighted by molar-refractivity contribution is -0.384. The summed E-state index contributed by atoms with van der Waals surface area (Å²) in [4.78, 5) is 10.6. The molecular weight excluding hydrogens is 298 g/mol. The summed E-state index contributed by atoms with van der Waals surface area (Å²) >= 11 is 0. The second-order valence-electron chi connectivity index (χ2n) is 4.84. The van der Waals surface area contributed by atoms with Crippen molar-refractivity contribution in [2.45, 2.75) is 0 Å². The van der Waals surface area contributed by atoms with E-state index in [4.69, 9.17) is 8.83 Å². The maximum atomic E-state index is 11.1. The normalized spacial score (nSPS) is 11.0. The van der Waals surface area contributed by atoms with E-state index < -0.39 is 4.92 Å². The molecule has 0 aliphatic carbocycles. The molecule has 0 radical (unpaired) electrons. The molecular formula is C16H9N3O4. The molecule has 0 spiro atoms. The van der Waals surface area contributed by atoms with E-state index in [1.165, 1.54) is 6.07 Å². The zero-order chi connectivity index (χ0) is 15.8. The Bertz CT molecular complexity index is 986. The Balaban J connectivity index is 1.79. The predicted octanol–water partition coefficient (Wildman–Crippen LogP) is 4.06. The van der Waals surface area contributed by atoms with Crippen LogP contribution in [0.1, 0.15) is 0 Å². The van der Waals surface area contributed by atoms with Gasteiger partial charge in [0.25, 0.3) is 17.5 Å². The van der Waals surface area contributed by atoms with Crippen LogP contribution < -0.4 is 0 Å². The third-order valence-corrected chi connectivity index (χ3v) is 3.39. The molecule has 0 bridgehead atoms. The van der Waals surface area contributed by atoms with Crippen molar-refractivity contribution in [1.29, 1.82) is 0 Å². The van der Waals surface area contributed by atoms with Gasteiger partial charge in [0.05, 0.1) is 4.92 Å². The van der Waals surface area contributed by atoms with E-state index in [2.05, 4.69) is 10.2 Å². The summed E-state index contributed by atoms with van der Waals surface area (Å²) in [5.41, 5.74) is 0.882. The number of hydrogen-bond acceptors (Lipinski definition) is 6. The molecule has 0 saturated heterocycles. The standard InChI is InChI=1S/C16H9N3O4/c20-19(21)12-7-3-2-6-11(12)15-17-18-16(23-15)14-9-10-5-1-4-8-13(10)22-14/h1-9H. The molecule has 23 heavy (non-hydrogen) atoms. The number of benzene rings is 2. The molecule has 4 aromatic rings. The van der Waals surface area contributed by atoms with Crippen molar-refractivity contribution in [2.24, 2.45) is 0 Å². The van der Waals surface area contributed by atoms with Gasteiger partial charge in [0, 0.05) is 11.5 Å². The predicted molar refractivity (Wildman–Crippen MR) is 81.6 cm³/mol. The average molecular weight is 307 g/mol. The third kappa shape index (κ3) is 2.24. The number of nitro groups is 1. The first-order chi connectivity index (χ1) is 11.2. The minimum atomic E-state index is -0.486. The smallest absolute Gasteiger partial charge is 0.283 e. The van der Waals surface area contributed by atoms with Crippen LogP contribution in [0.3, 0.4) is 0 Å². The van der Waals surface area contributed by atoms with E-state index in [1.807, 2.05) is 24.3 Å². The van der Waals surface area contributed by atoms with Gasteiger partial charge < -0.3 is 8.83 Å². The van der Waals surface area contributed by atoms with Gasteiger partial charge in [-0.3, -0.25) is 10.1 Å². The molecule has 0 fully saturated rings. The van der Waals surface area contributed by atoms with Crippen molar-refractivity contribution in [1.82, 2.24) is 10.2 Å². The average Bonchev–Trinajstić information content (AvgIpc) is 3.21. The van der Waals surface area contributed by atoms with Gasteiger partial charge in [-0.2, -0.15) is 0 Å². The Morgan fingerprint density at radius 3 is 2.48 bits per heavy atom. The molecule has 0 aliphatic heterocycles. The highest BCUT2D eigenvalue weighted by Gasteiger charge is 2.21. The Kier molecular flexibility index (Phi) is 2.90. The van der Waals surface area contributed by atoms with Crippen molar-refractivity contribution in [2.75, 3.05) is 0 Å². The highest BCUT2D eigenvalue weighted by molar-refractivity contribution is 5.81. The van der Waals surface area contributed by atoms with Crippen LogP contribution in [-0.4, -0.2) is 15.1 Å². The number of hydrogen-bond donors (Lipinski definition) is 0. The molecule has 0 saturated carbocycles. The number of fused-ring (bicyclic) bond motifs is 1. The molecule has 7 nitrogen and oxygen atoms in total. The fraction of sp³-hybridized carbons (Fsp3) is 0. The Morgan fingerprint density at radius 1 is 0.913 bits per heavy atom. The summed E-state index contributed by atoms with van der Waals surface area (Å²) in [5.74, 6) is 0.672. The van der Waals surface area contributed by atoms with Crippen molar-refractivity contribution in [3.8, 4) is 23.1 Å². The third-order valence-electron chi connectivity index (χ3n) is 3.39. The Hall–Kier alpha value is -3.48. The minimum Gasteiger partial charge on any atom is -0.451 e. The van der Waals surface area contributed by atoms with Gasteiger partial charge in [0.15, 0.2) is 5.76 Å². The lowest BCUT2D eigenvalue weighted by Gasteiger charge is -1.96. The molecule has 7 heteroatoms. The lowest BCUT2D eigenvalue weighted by Crippen LogP contribution is -1.91. The van der Waals surface area contributed by atoms with Gasteiger partial charge in [-0.05, 0) is 18.2 Å². The number of aromatic nitrogens is 2. The highest BCUT2D eigenvalue weighted by atomic mass is 16.6. The van der Waals surface area contributed by atoms with Gasteiger partial charge in [-0.15, -0.1) is 10.2 Å². The summed E-state index contributed by atoms with van der Waals surface area (Å²) in [6.45, 7) is 0. The second-order valence-corrected chi connectivity index (χ2v) is 4.84. The number of para-hydroxylation sites is 2. The SMILES string of the molecule is O=[N+]([O-])c1ccccc1-c1nnc(-c2cc3ccccc3o2)o1. The largest absolute Gasteiger partial charge is 0.451 e. The Morgan fingerprint density at radius 2 is 1.65 bits per heavy atom. The topological polar surface area (TPSA) is 95.2 Å². The van der Waals surface area contributed by atoms with Crippen molar-refractivity contribution >= 4 is 16.7 Å². The summed E-state index contributed by atoms with van der Waals surface area (Å²) in [7, 11) is 0. The van der Waals surface area contributed by atoms with E-state index in [1.54, 1.807) is 24.3 Å². The number of nitro benzene ring substituents is 1. The fourth-order valence-electron chi connectivity index (χ4n) is 2.33. The summed E-state index contributed by atoms with van der Waals surface area (Å²) < 4.78 is 11.2. The molecule has 2 heterocycles. The zero-order valence-corrected chi connectivity index (χ0v) is 11.7. The van der Waals surface area contributed by atoms with Crippen molar-refractivity contribution < 1.29 is 13.8 Å². The monoisotopic (exact) mass is 307 g/mol. The summed E-state index contributed by atoms with van der Waals surface area (Å²) in [5, 5.41) is 19.8. The van der Waals surface area contributed by atoms with Crippen LogP contribution in [0.15, 0.2) is 63.4 Å². The first-order valence-electron chi connectivity index (χ1n) is 6.78. The summed E-state index contributed by atoms with van der Waals surface area (Å²) in [6.07, 6.45) is 0. The molecule has 112 valence electrons. The second kappa shape index (κ2) is 5.06. The van der Waals surface area contributed by atoms with E-state index in [9.17, 15) is 10.1 Å². The van der Waals surface area contributed by atoms with Crippen LogP contribution in [0.4, 0.5) is 5.69 Å². The summed E-state index contributed by atoms with van der Waals surface area (Å²) in [6, 6.07) is 15.5. The minimum absolute atomic E-state index is 0.0766.